The number of rotatable bonds is 0. The molecule has 1 nitrogen and oxygen atoms in total. The average molecular weight is 158 g/mol. The van der Waals surface area contributed by atoms with Gasteiger partial charge in [0.15, 0.2) is 0 Å². The van der Waals surface area contributed by atoms with E-state index in [1.165, 1.54) is 5.56 Å². The van der Waals surface area contributed by atoms with Crippen LogP contribution in [0.1, 0.15) is 26.3 Å². The molecule has 0 atom stereocenters. The van der Waals surface area contributed by atoms with Crippen molar-refractivity contribution in [1.29, 1.82) is 0 Å². The summed E-state index contributed by atoms with van der Waals surface area (Å²) in [6, 6.07) is 7.35. The number of phenols is 1. The van der Waals surface area contributed by atoms with Crippen molar-refractivity contribution in [1.82, 2.24) is 0 Å². The Morgan fingerprint density at radius 2 is 1.42 bits per heavy atom. The van der Waals surface area contributed by atoms with E-state index in [4.69, 9.17) is 5.11 Å². The molecule has 1 N–H and O–H groups in total. The van der Waals surface area contributed by atoms with Crippen molar-refractivity contribution in [3.8, 4) is 5.75 Å². The summed E-state index contributed by atoms with van der Waals surface area (Å²) in [6.45, 7) is 6.46. The summed E-state index contributed by atoms with van der Waals surface area (Å²) in [6.07, 6.45) is 0. The minimum atomic E-state index is 0. The van der Waals surface area contributed by atoms with Gasteiger partial charge in [-0.15, -0.1) is 0 Å². The molecule has 0 heterocycles. The average Bonchev–Trinajstić information content (AvgIpc) is 1.86. The molecule has 0 amide bonds. The molecule has 0 saturated carbocycles. The van der Waals surface area contributed by atoms with Crippen LogP contribution in [-0.2, 0) is 5.41 Å². The SMILES string of the molecule is CC(C)(C)c1ccc(O)cc1.[LiH]. The maximum absolute atomic E-state index is 9.02. The number of aromatic hydroxyl groups is 1. The zero-order valence-electron chi connectivity index (χ0n) is 7.26. The van der Waals surface area contributed by atoms with Crippen LogP contribution >= 0.6 is 0 Å². The summed E-state index contributed by atoms with van der Waals surface area (Å²) < 4.78 is 0. The fourth-order valence-corrected chi connectivity index (χ4v) is 0.961. The molecule has 1 aromatic carbocycles. The summed E-state index contributed by atoms with van der Waals surface area (Å²) in [7, 11) is 0. The van der Waals surface area contributed by atoms with Crippen molar-refractivity contribution < 1.29 is 5.11 Å². The van der Waals surface area contributed by atoms with Gasteiger partial charge in [-0.2, -0.15) is 0 Å². The maximum atomic E-state index is 9.02. The number of phenolic OH excluding ortho intramolecular Hbond substituents is 1. The first kappa shape index (κ1) is 11.6. The summed E-state index contributed by atoms with van der Waals surface area (Å²) in [5, 5.41) is 9.02. The molecule has 1 rings (SSSR count). The van der Waals surface area contributed by atoms with Gasteiger partial charge in [-0.25, -0.2) is 0 Å². The predicted octanol–water partition coefficient (Wildman–Crippen LogP) is 2.04. The van der Waals surface area contributed by atoms with E-state index in [2.05, 4.69) is 20.8 Å². The molecular weight excluding hydrogens is 143 g/mol. The van der Waals surface area contributed by atoms with Crippen LogP contribution < -0.4 is 0 Å². The van der Waals surface area contributed by atoms with Crippen LogP contribution in [0.3, 0.4) is 0 Å². The van der Waals surface area contributed by atoms with E-state index in [-0.39, 0.29) is 24.3 Å². The van der Waals surface area contributed by atoms with Gasteiger partial charge in [-0.1, -0.05) is 32.9 Å². The van der Waals surface area contributed by atoms with E-state index in [0.29, 0.717) is 5.75 Å². The van der Waals surface area contributed by atoms with Crippen molar-refractivity contribution in [3.05, 3.63) is 29.8 Å². The van der Waals surface area contributed by atoms with Crippen LogP contribution in [0.25, 0.3) is 0 Å². The Morgan fingerprint density at radius 1 is 1.00 bits per heavy atom. The summed E-state index contributed by atoms with van der Waals surface area (Å²) in [4.78, 5) is 0. The Labute approximate surface area is 86.0 Å². The van der Waals surface area contributed by atoms with Gasteiger partial charge >= 0.3 is 18.9 Å². The van der Waals surface area contributed by atoms with Gasteiger partial charge in [0.25, 0.3) is 0 Å². The summed E-state index contributed by atoms with van der Waals surface area (Å²) >= 11 is 0. The zero-order chi connectivity index (χ0) is 8.48. The fourth-order valence-electron chi connectivity index (χ4n) is 0.961. The van der Waals surface area contributed by atoms with Crippen molar-refractivity contribution in [2.24, 2.45) is 0 Å². The Morgan fingerprint density at radius 3 is 1.75 bits per heavy atom. The standard InChI is InChI=1S/C10H14O.Li.H/c1-10(2,3)8-4-6-9(11)7-5-8;;/h4-7,11H,1-3H3;;. The van der Waals surface area contributed by atoms with E-state index >= 15 is 0 Å². The molecule has 0 fully saturated rings. The first-order valence-corrected chi connectivity index (χ1v) is 3.79. The van der Waals surface area contributed by atoms with Gasteiger partial charge < -0.3 is 5.11 Å². The van der Waals surface area contributed by atoms with Crippen LogP contribution in [0.5, 0.6) is 5.75 Å². The van der Waals surface area contributed by atoms with Crippen LogP contribution in [-0.4, -0.2) is 24.0 Å². The van der Waals surface area contributed by atoms with E-state index in [0.717, 1.165) is 0 Å². The molecule has 0 aliphatic carbocycles. The number of benzene rings is 1. The third-order valence-corrected chi connectivity index (χ3v) is 1.73. The quantitative estimate of drug-likeness (QED) is 0.573. The normalized spacial score (nSPS) is 10.6. The monoisotopic (exact) mass is 158 g/mol. The van der Waals surface area contributed by atoms with Gasteiger partial charge in [-0.3, -0.25) is 0 Å². The third kappa shape index (κ3) is 2.93. The van der Waals surface area contributed by atoms with Crippen LogP contribution in [0.2, 0.25) is 0 Å². The first-order chi connectivity index (χ1) is 5.00. The molecule has 0 aliphatic rings. The summed E-state index contributed by atoms with van der Waals surface area (Å²) in [5.74, 6) is 0.331. The van der Waals surface area contributed by atoms with Crippen LogP contribution in [0.4, 0.5) is 0 Å². The van der Waals surface area contributed by atoms with Gasteiger partial charge in [0.2, 0.25) is 0 Å². The second kappa shape index (κ2) is 4.03. The van der Waals surface area contributed by atoms with E-state index < -0.39 is 0 Å². The molecular formula is C10H15LiO. The second-order valence-corrected chi connectivity index (χ2v) is 3.80. The molecule has 0 radical (unpaired) electrons. The van der Waals surface area contributed by atoms with E-state index in [9.17, 15) is 0 Å². The zero-order valence-corrected chi connectivity index (χ0v) is 7.26. The van der Waals surface area contributed by atoms with Crippen LogP contribution in [0.15, 0.2) is 24.3 Å². The third-order valence-electron chi connectivity index (χ3n) is 1.73. The Hall–Kier alpha value is -0.383. The molecule has 0 unspecified atom stereocenters. The second-order valence-electron chi connectivity index (χ2n) is 3.80. The van der Waals surface area contributed by atoms with E-state index in [1.807, 2.05) is 12.1 Å². The van der Waals surface area contributed by atoms with E-state index in [1.54, 1.807) is 12.1 Å². The topological polar surface area (TPSA) is 20.2 Å². The number of hydrogen-bond donors (Lipinski definition) is 1. The van der Waals surface area contributed by atoms with Crippen molar-refractivity contribution in [2.45, 2.75) is 26.2 Å². The molecule has 0 spiro atoms. The van der Waals surface area contributed by atoms with Crippen molar-refractivity contribution >= 4 is 18.9 Å². The predicted molar refractivity (Wildman–Crippen MR) is 54.0 cm³/mol. The molecule has 0 aliphatic heterocycles. The molecule has 0 saturated heterocycles. The molecule has 0 bridgehead atoms. The Balaban J connectivity index is 0.00000121. The van der Waals surface area contributed by atoms with Gasteiger partial charge in [0.05, 0.1) is 0 Å². The van der Waals surface area contributed by atoms with Gasteiger partial charge in [0, 0.05) is 0 Å². The molecule has 62 valence electrons. The minimum absolute atomic E-state index is 0. The van der Waals surface area contributed by atoms with Crippen LogP contribution in [0, 0.1) is 0 Å². The van der Waals surface area contributed by atoms with Crippen molar-refractivity contribution in [2.75, 3.05) is 0 Å². The van der Waals surface area contributed by atoms with Gasteiger partial charge in [0.1, 0.15) is 5.75 Å². The molecule has 0 aromatic heterocycles. The Kier molecular flexibility index (Phi) is 3.90. The fraction of sp³-hybridized carbons (Fsp3) is 0.400. The Bertz CT molecular complexity index is 233. The molecule has 12 heavy (non-hydrogen) atoms. The first-order valence-electron chi connectivity index (χ1n) is 3.79. The van der Waals surface area contributed by atoms with Crippen molar-refractivity contribution in [3.63, 3.8) is 0 Å². The summed E-state index contributed by atoms with van der Waals surface area (Å²) in [5.41, 5.74) is 1.42. The molecule has 2 heteroatoms. The molecule has 1 aromatic rings. The number of hydrogen-bond acceptors (Lipinski definition) is 1. The van der Waals surface area contributed by atoms with Gasteiger partial charge in [-0.05, 0) is 23.1 Å².